The monoisotopic (exact) mass is 373 g/mol. The minimum atomic E-state index is -3.91. The molecule has 0 bridgehead atoms. The van der Waals surface area contributed by atoms with E-state index in [0.29, 0.717) is 0 Å². The molecule has 13 heteroatoms. The second-order valence-electron chi connectivity index (χ2n) is 5.33. The molecule has 2 rings (SSSR count). The highest BCUT2D eigenvalue weighted by atomic mass is 32.2. The first-order valence-corrected chi connectivity index (χ1v) is 8.75. The average Bonchev–Trinajstić information content (AvgIpc) is 2.50. The average molecular weight is 373 g/mol. The fourth-order valence-corrected chi connectivity index (χ4v) is 2.58. The molecule has 0 saturated carbocycles. The fourth-order valence-electron chi connectivity index (χ4n) is 2.08. The van der Waals surface area contributed by atoms with Gasteiger partial charge in [0.1, 0.15) is 5.69 Å². The Bertz CT molecular complexity index is 1060. The lowest BCUT2D eigenvalue weighted by atomic mass is 10.1. The summed E-state index contributed by atoms with van der Waals surface area (Å²) in [5, 5.41) is 22.8. The van der Waals surface area contributed by atoms with Crippen molar-refractivity contribution >= 4 is 32.3 Å². The van der Waals surface area contributed by atoms with E-state index in [1.54, 1.807) is 11.8 Å². The Labute approximate surface area is 140 Å². The van der Waals surface area contributed by atoms with Crippen molar-refractivity contribution in [2.24, 2.45) is 0 Å². The molecule has 4 N–H and O–H groups in total. The maximum atomic E-state index is 12.4. The van der Waals surface area contributed by atoms with E-state index in [0.717, 1.165) is 18.4 Å². The number of sulfonamides is 1. The predicted octanol–water partition coefficient (Wildman–Crippen LogP) is -1.11. The molecule has 0 fully saturated rings. The van der Waals surface area contributed by atoms with Crippen LogP contribution in [0.5, 0.6) is 0 Å². The molecular weight excluding hydrogens is 358 g/mol. The fraction of sp³-hybridized carbons (Fsp3) is 0.333. The van der Waals surface area contributed by atoms with Crippen LogP contribution in [-0.4, -0.2) is 47.0 Å². The maximum Gasteiger partial charge on any atom is 0.348 e. The van der Waals surface area contributed by atoms with Gasteiger partial charge < -0.3 is 15.4 Å². The van der Waals surface area contributed by atoms with E-state index in [1.165, 1.54) is 0 Å². The number of fused-ring (bicyclic) bond motifs is 1. The third-order valence-electron chi connectivity index (χ3n) is 3.14. The maximum absolute atomic E-state index is 12.4. The third-order valence-corrected chi connectivity index (χ3v) is 3.66. The van der Waals surface area contributed by atoms with Gasteiger partial charge in [-0.1, -0.05) is 0 Å². The van der Waals surface area contributed by atoms with Crippen LogP contribution >= 0.6 is 0 Å². The largest absolute Gasteiger partial charge is 0.394 e. The molecule has 0 saturated heterocycles. The molecule has 0 amide bonds. The Kier molecular flexibility index (Phi) is 4.80. The lowest BCUT2D eigenvalue weighted by Gasteiger charge is -2.13. The summed E-state index contributed by atoms with van der Waals surface area (Å²) >= 11 is 0. The van der Waals surface area contributed by atoms with Crippen LogP contribution in [0.1, 0.15) is 6.92 Å². The molecule has 1 heterocycles. The molecule has 0 aliphatic heterocycles. The van der Waals surface area contributed by atoms with E-state index in [-0.39, 0.29) is 27.9 Å². The van der Waals surface area contributed by atoms with Crippen molar-refractivity contribution in [1.82, 2.24) is 9.66 Å². The number of nitrogens with zero attached hydrogens (tertiary/aromatic N) is 2. The normalized spacial score (nSPS) is 12.8. The minimum absolute atomic E-state index is 0.0610. The van der Waals surface area contributed by atoms with Crippen molar-refractivity contribution in [2.45, 2.75) is 13.0 Å². The highest BCUT2D eigenvalue weighted by Gasteiger charge is 2.20. The van der Waals surface area contributed by atoms with Crippen molar-refractivity contribution in [1.29, 1.82) is 0 Å². The number of aromatic nitrogens is 2. The molecule has 0 radical (unpaired) electrons. The number of aliphatic hydroxyl groups is 1. The lowest BCUT2D eigenvalue weighted by molar-refractivity contribution is -0.383. The molecule has 1 aromatic carbocycles. The van der Waals surface area contributed by atoms with Gasteiger partial charge in [-0.25, -0.2) is 18.0 Å². The van der Waals surface area contributed by atoms with E-state index < -0.39 is 37.9 Å². The SMILES string of the molecule is CC(CO)Nc1cc2c(=O)n(NS(C)(=O)=O)c(=O)[nH]c2cc1[N+](=O)[O-]. The van der Waals surface area contributed by atoms with Gasteiger partial charge in [-0.05, 0) is 13.0 Å². The quantitative estimate of drug-likeness (QED) is 0.364. The van der Waals surface area contributed by atoms with Crippen LogP contribution in [0.4, 0.5) is 11.4 Å². The molecule has 0 spiro atoms. The molecule has 12 nitrogen and oxygen atoms in total. The van der Waals surface area contributed by atoms with Gasteiger partial charge in [0.25, 0.3) is 11.2 Å². The van der Waals surface area contributed by atoms with Crippen molar-refractivity contribution in [2.75, 3.05) is 23.0 Å². The molecule has 25 heavy (non-hydrogen) atoms. The zero-order valence-corrected chi connectivity index (χ0v) is 14.0. The zero-order valence-electron chi connectivity index (χ0n) is 13.1. The predicted molar refractivity (Wildman–Crippen MR) is 89.9 cm³/mol. The molecule has 1 aromatic heterocycles. The summed E-state index contributed by atoms with van der Waals surface area (Å²) in [5.74, 6) is 0. The van der Waals surface area contributed by atoms with Crippen molar-refractivity contribution in [3.63, 3.8) is 0 Å². The number of hydrogen-bond acceptors (Lipinski definition) is 8. The van der Waals surface area contributed by atoms with Gasteiger partial charge in [-0.3, -0.25) is 14.9 Å². The van der Waals surface area contributed by atoms with Gasteiger partial charge in [0.2, 0.25) is 10.0 Å². The van der Waals surface area contributed by atoms with Crippen molar-refractivity contribution < 1.29 is 18.4 Å². The number of rotatable bonds is 6. The second kappa shape index (κ2) is 6.52. The number of benzene rings is 1. The molecular formula is C12H15N5O7S. The van der Waals surface area contributed by atoms with Gasteiger partial charge in [-0.2, -0.15) is 4.68 Å². The van der Waals surface area contributed by atoms with Crippen LogP contribution in [0.3, 0.4) is 0 Å². The molecule has 136 valence electrons. The Morgan fingerprint density at radius 1 is 1.40 bits per heavy atom. The Hall–Kier alpha value is -2.93. The first-order valence-electron chi connectivity index (χ1n) is 6.86. The lowest BCUT2D eigenvalue weighted by Crippen LogP contribution is -2.43. The van der Waals surface area contributed by atoms with Crippen LogP contribution in [0.15, 0.2) is 21.7 Å². The summed E-state index contributed by atoms with van der Waals surface area (Å²) < 4.78 is 22.8. The summed E-state index contributed by atoms with van der Waals surface area (Å²) in [7, 11) is -3.91. The van der Waals surface area contributed by atoms with Crippen LogP contribution in [0.25, 0.3) is 10.9 Å². The third kappa shape index (κ3) is 3.95. The number of nitrogens with one attached hydrogen (secondary N) is 3. The minimum Gasteiger partial charge on any atom is -0.394 e. The van der Waals surface area contributed by atoms with E-state index in [1.807, 2.05) is 0 Å². The number of hydrogen-bond donors (Lipinski definition) is 4. The first kappa shape index (κ1) is 18.4. The second-order valence-corrected chi connectivity index (χ2v) is 7.06. The number of aliphatic hydroxyl groups excluding tert-OH is 1. The van der Waals surface area contributed by atoms with Gasteiger partial charge in [0.15, 0.2) is 0 Å². The van der Waals surface area contributed by atoms with E-state index in [2.05, 4.69) is 10.3 Å². The van der Waals surface area contributed by atoms with Gasteiger partial charge in [0.05, 0.1) is 28.7 Å². The molecule has 1 unspecified atom stereocenters. The van der Waals surface area contributed by atoms with Gasteiger partial charge >= 0.3 is 5.69 Å². The first-order chi connectivity index (χ1) is 11.5. The highest BCUT2D eigenvalue weighted by Crippen LogP contribution is 2.28. The van der Waals surface area contributed by atoms with E-state index in [4.69, 9.17) is 5.11 Å². The molecule has 2 aromatic rings. The summed E-state index contributed by atoms with van der Waals surface area (Å²) in [6, 6.07) is 1.54. The topological polar surface area (TPSA) is 176 Å². The van der Waals surface area contributed by atoms with Crippen LogP contribution in [-0.2, 0) is 10.0 Å². The number of nitro benzene ring substituents is 1. The van der Waals surface area contributed by atoms with Crippen molar-refractivity contribution in [3.8, 4) is 0 Å². The number of anilines is 1. The summed E-state index contributed by atoms with van der Waals surface area (Å²) in [5.41, 5.74) is -2.71. The number of nitro groups is 1. The van der Waals surface area contributed by atoms with Gasteiger partial charge in [0, 0.05) is 12.1 Å². The van der Waals surface area contributed by atoms with E-state index in [9.17, 15) is 28.1 Å². The van der Waals surface area contributed by atoms with E-state index >= 15 is 0 Å². The van der Waals surface area contributed by atoms with Crippen molar-refractivity contribution in [3.05, 3.63) is 43.1 Å². The van der Waals surface area contributed by atoms with Crippen LogP contribution in [0.2, 0.25) is 0 Å². The summed E-state index contributed by atoms with van der Waals surface area (Å²) in [6.45, 7) is 1.24. The molecule has 1 atom stereocenters. The number of aromatic amines is 1. The smallest absolute Gasteiger partial charge is 0.348 e. The molecule has 0 aliphatic carbocycles. The Morgan fingerprint density at radius 3 is 2.56 bits per heavy atom. The summed E-state index contributed by atoms with van der Waals surface area (Å²) in [4.78, 5) is 38.7. The standard InChI is InChI=1S/C12H15N5O7S/c1-6(5-18)13-9-3-7-8(4-10(9)17(21)22)14-12(20)16(11(7)19)15-25(2,23)24/h3-4,6,13,15,18H,5H2,1-2H3,(H,14,20). The summed E-state index contributed by atoms with van der Waals surface area (Å²) in [6.07, 6.45) is 0.759. The Morgan fingerprint density at radius 2 is 2.04 bits per heavy atom. The highest BCUT2D eigenvalue weighted by molar-refractivity contribution is 7.91. The van der Waals surface area contributed by atoms with Crippen LogP contribution < -0.4 is 21.4 Å². The number of H-pyrrole nitrogens is 1. The Balaban J connectivity index is 2.79. The molecule has 0 aliphatic rings. The van der Waals surface area contributed by atoms with Crippen LogP contribution in [0, 0.1) is 10.1 Å². The zero-order chi connectivity index (χ0) is 18.9. The van der Waals surface area contributed by atoms with Gasteiger partial charge in [-0.15, -0.1) is 0 Å².